The Balaban J connectivity index is 2.44. The molecule has 1 atom stereocenters. The summed E-state index contributed by atoms with van der Waals surface area (Å²) < 4.78 is 28.0. The monoisotopic (exact) mass is 317 g/mol. The van der Waals surface area contributed by atoms with Crippen LogP contribution in [0.15, 0.2) is 12.1 Å². The highest BCUT2D eigenvalue weighted by molar-refractivity contribution is 7.92. The Bertz CT molecular complexity index is 698. The lowest BCUT2D eigenvalue weighted by Crippen LogP contribution is -2.28. The van der Waals surface area contributed by atoms with Crippen molar-refractivity contribution in [2.45, 2.75) is 12.2 Å². The van der Waals surface area contributed by atoms with Crippen LogP contribution in [0.2, 0.25) is 5.02 Å². The number of fused-ring (bicyclic) bond motifs is 1. The second-order valence-electron chi connectivity index (χ2n) is 4.50. The molecule has 1 aliphatic heterocycles. The van der Waals surface area contributed by atoms with Crippen molar-refractivity contribution in [3.63, 3.8) is 0 Å². The van der Waals surface area contributed by atoms with Gasteiger partial charge in [0, 0.05) is 11.8 Å². The number of nitrogens with one attached hydrogen (secondary N) is 1. The second kappa shape index (κ2) is 5.06. The van der Waals surface area contributed by atoms with Gasteiger partial charge in [0.15, 0.2) is 22.2 Å². The van der Waals surface area contributed by atoms with Crippen LogP contribution in [0.5, 0.6) is 5.75 Å². The minimum Gasteiger partial charge on any atom is -0.482 e. The Morgan fingerprint density at radius 3 is 2.70 bits per heavy atom. The van der Waals surface area contributed by atoms with E-state index in [9.17, 15) is 18.0 Å². The number of ether oxygens (including phenoxy) is 1. The fraction of sp³-hybridized carbons (Fsp3) is 0.333. The lowest BCUT2D eigenvalue weighted by atomic mass is 10.1. The smallest absolute Gasteiger partial charge is 0.262 e. The fourth-order valence-corrected chi connectivity index (χ4v) is 2.47. The molecule has 2 rings (SSSR count). The highest BCUT2D eigenvalue weighted by atomic mass is 35.5. The molecule has 0 saturated heterocycles. The van der Waals surface area contributed by atoms with Crippen LogP contribution in [0, 0.1) is 0 Å². The predicted octanol–water partition coefficient (Wildman–Crippen LogP) is 1.29. The summed E-state index contributed by atoms with van der Waals surface area (Å²) in [4.78, 5) is 23.3. The molecule has 8 heteroatoms. The van der Waals surface area contributed by atoms with Crippen molar-refractivity contribution in [3.05, 3.63) is 22.7 Å². The van der Waals surface area contributed by atoms with Crippen molar-refractivity contribution >= 4 is 38.8 Å². The summed E-state index contributed by atoms with van der Waals surface area (Å²) in [5.74, 6) is -0.643. The summed E-state index contributed by atoms with van der Waals surface area (Å²) in [5, 5.41) is 1.42. The molecule has 0 bridgehead atoms. The van der Waals surface area contributed by atoms with Crippen molar-refractivity contribution in [1.82, 2.24) is 0 Å². The first-order valence-electron chi connectivity index (χ1n) is 5.69. The number of Topliss-reactive ketones (excluding diaryl/α,β-unsaturated/α-hetero) is 1. The number of hydrogen-bond acceptors (Lipinski definition) is 5. The van der Waals surface area contributed by atoms with Crippen LogP contribution in [0.1, 0.15) is 17.3 Å². The summed E-state index contributed by atoms with van der Waals surface area (Å²) in [5.41, 5.74) is 0.411. The maximum absolute atomic E-state index is 12.2. The molecular formula is C12H12ClNO5S. The van der Waals surface area contributed by atoms with E-state index in [0.717, 1.165) is 6.26 Å². The van der Waals surface area contributed by atoms with Crippen LogP contribution < -0.4 is 10.1 Å². The van der Waals surface area contributed by atoms with Gasteiger partial charge in [0.25, 0.3) is 5.91 Å². The zero-order valence-electron chi connectivity index (χ0n) is 10.8. The van der Waals surface area contributed by atoms with E-state index in [1.165, 1.54) is 19.1 Å². The maximum atomic E-state index is 12.2. The van der Waals surface area contributed by atoms with E-state index < -0.39 is 20.9 Å². The normalized spacial score (nSPS) is 15.8. The topological polar surface area (TPSA) is 89.5 Å². The average Bonchev–Trinajstić information content (AvgIpc) is 2.35. The zero-order chi connectivity index (χ0) is 15.1. The summed E-state index contributed by atoms with van der Waals surface area (Å²) in [6, 6.07) is 2.72. The minimum absolute atomic E-state index is 0.0551. The van der Waals surface area contributed by atoms with Crippen molar-refractivity contribution in [2.75, 3.05) is 18.2 Å². The third-order valence-corrected chi connectivity index (χ3v) is 4.79. The molecule has 0 spiro atoms. The van der Waals surface area contributed by atoms with Gasteiger partial charge < -0.3 is 10.1 Å². The molecule has 0 aromatic heterocycles. The summed E-state index contributed by atoms with van der Waals surface area (Å²) in [7, 11) is -3.52. The van der Waals surface area contributed by atoms with E-state index >= 15 is 0 Å². The molecule has 0 saturated carbocycles. The highest BCUT2D eigenvalue weighted by Gasteiger charge is 2.28. The van der Waals surface area contributed by atoms with E-state index in [1.54, 1.807) is 0 Å². The Hall–Kier alpha value is -1.60. The molecule has 0 fully saturated rings. The van der Waals surface area contributed by atoms with Crippen molar-refractivity contribution in [3.8, 4) is 5.75 Å². The van der Waals surface area contributed by atoms with Gasteiger partial charge >= 0.3 is 0 Å². The molecule has 1 N–H and O–H groups in total. The predicted molar refractivity (Wildman–Crippen MR) is 74.2 cm³/mol. The Morgan fingerprint density at radius 1 is 1.45 bits per heavy atom. The molecule has 0 radical (unpaired) electrons. The number of carbonyl (C=O) groups is 2. The van der Waals surface area contributed by atoms with Crippen LogP contribution in [-0.4, -0.2) is 38.2 Å². The van der Waals surface area contributed by atoms with E-state index in [0.29, 0.717) is 5.69 Å². The minimum atomic E-state index is -3.52. The molecule has 1 unspecified atom stereocenters. The Labute approximate surface area is 121 Å². The van der Waals surface area contributed by atoms with Crippen LogP contribution in [0.3, 0.4) is 0 Å². The van der Waals surface area contributed by atoms with E-state index in [2.05, 4.69) is 5.32 Å². The molecule has 1 aromatic rings. The quantitative estimate of drug-likeness (QED) is 0.848. The fourth-order valence-electron chi connectivity index (χ4n) is 1.70. The summed E-state index contributed by atoms with van der Waals surface area (Å²) in [6.07, 6.45) is 0.985. The van der Waals surface area contributed by atoms with Gasteiger partial charge in [-0.25, -0.2) is 8.42 Å². The number of halogens is 1. The second-order valence-corrected chi connectivity index (χ2v) is 7.27. The lowest BCUT2D eigenvalue weighted by Gasteiger charge is -2.19. The molecule has 0 aliphatic carbocycles. The lowest BCUT2D eigenvalue weighted by molar-refractivity contribution is -0.118. The van der Waals surface area contributed by atoms with Crippen LogP contribution in [-0.2, 0) is 14.6 Å². The molecule has 1 heterocycles. The van der Waals surface area contributed by atoms with Gasteiger partial charge in [0.05, 0.1) is 10.7 Å². The van der Waals surface area contributed by atoms with Gasteiger partial charge in [-0.1, -0.05) is 11.6 Å². The van der Waals surface area contributed by atoms with E-state index in [4.69, 9.17) is 16.3 Å². The van der Waals surface area contributed by atoms with Crippen LogP contribution in [0.4, 0.5) is 5.69 Å². The van der Waals surface area contributed by atoms with Crippen LogP contribution >= 0.6 is 11.6 Å². The highest BCUT2D eigenvalue weighted by Crippen LogP contribution is 2.34. The Morgan fingerprint density at radius 2 is 2.10 bits per heavy atom. The molecule has 108 valence electrons. The average molecular weight is 318 g/mol. The third-order valence-electron chi connectivity index (χ3n) is 2.98. The molecule has 20 heavy (non-hydrogen) atoms. The molecule has 6 nitrogen and oxygen atoms in total. The Kier molecular flexibility index (Phi) is 3.75. The maximum Gasteiger partial charge on any atom is 0.262 e. The van der Waals surface area contributed by atoms with Crippen molar-refractivity contribution in [1.29, 1.82) is 0 Å². The number of rotatable bonds is 3. The summed E-state index contributed by atoms with van der Waals surface area (Å²) >= 11 is 5.98. The first-order chi connectivity index (χ1) is 9.20. The molecule has 1 aliphatic rings. The molecular weight excluding hydrogens is 306 g/mol. The van der Waals surface area contributed by atoms with Crippen molar-refractivity contribution < 1.29 is 22.7 Å². The number of amides is 1. The van der Waals surface area contributed by atoms with E-state index in [1.807, 2.05) is 0 Å². The number of ketones is 1. The van der Waals surface area contributed by atoms with Gasteiger partial charge in [-0.05, 0) is 19.1 Å². The largest absolute Gasteiger partial charge is 0.482 e. The van der Waals surface area contributed by atoms with Crippen molar-refractivity contribution in [2.24, 2.45) is 0 Å². The first kappa shape index (κ1) is 14.8. The van der Waals surface area contributed by atoms with E-state index in [-0.39, 0.29) is 28.8 Å². The SMILES string of the molecule is CC(C(=O)c1cc2c(cc1Cl)NC(=O)CO2)S(C)(=O)=O. The zero-order valence-corrected chi connectivity index (χ0v) is 12.3. The number of anilines is 1. The number of carbonyl (C=O) groups excluding carboxylic acids is 2. The standard InChI is InChI=1S/C12H12ClNO5S/c1-6(20(2,17)18)12(16)7-3-10-9(4-8(7)13)14-11(15)5-19-10/h3-4,6H,5H2,1-2H3,(H,14,15). The van der Waals surface area contributed by atoms with Gasteiger partial charge in [0.2, 0.25) is 0 Å². The molecule has 1 aromatic carbocycles. The number of hydrogen-bond donors (Lipinski definition) is 1. The number of sulfone groups is 1. The molecule has 1 amide bonds. The van der Waals surface area contributed by atoms with Crippen LogP contribution in [0.25, 0.3) is 0 Å². The summed E-state index contributed by atoms with van der Waals surface area (Å²) in [6.45, 7) is 1.14. The van der Waals surface area contributed by atoms with Gasteiger partial charge in [-0.3, -0.25) is 9.59 Å². The third kappa shape index (κ3) is 2.78. The first-order valence-corrected chi connectivity index (χ1v) is 8.02. The van der Waals surface area contributed by atoms with Gasteiger partial charge in [-0.15, -0.1) is 0 Å². The van der Waals surface area contributed by atoms with Gasteiger partial charge in [0.1, 0.15) is 11.0 Å². The van der Waals surface area contributed by atoms with Gasteiger partial charge in [-0.2, -0.15) is 0 Å². The number of benzene rings is 1.